The zero-order valence-electron chi connectivity index (χ0n) is 11.6. The highest BCUT2D eigenvalue weighted by Gasteiger charge is 2.06. The first kappa shape index (κ1) is 14.5. The zero-order chi connectivity index (χ0) is 14.5. The van der Waals surface area contributed by atoms with Gasteiger partial charge in [0.25, 0.3) is 0 Å². The number of rotatable bonds is 4. The van der Waals surface area contributed by atoms with Crippen LogP contribution in [0.4, 0.5) is 11.4 Å². The summed E-state index contributed by atoms with van der Waals surface area (Å²) in [7, 11) is 0. The predicted molar refractivity (Wildman–Crippen MR) is 86.1 cm³/mol. The third-order valence-corrected chi connectivity index (χ3v) is 3.88. The molecule has 3 nitrogen and oxygen atoms in total. The molecule has 0 fully saturated rings. The van der Waals surface area contributed by atoms with Crippen molar-refractivity contribution in [2.24, 2.45) is 0 Å². The molecule has 2 aromatic rings. The third kappa shape index (κ3) is 4.03. The topological polar surface area (TPSA) is 55.1 Å². The van der Waals surface area contributed by atoms with Gasteiger partial charge in [0.05, 0.1) is 17.1 Å². The highest BCUT2D eigenvalue weighted by atomic mass is 32.2. The molecule has 0 heterocycles. The Balaban J connectivity index is 1.90. The Morgan fingerprint density at radius 3 is 2.40 bits per heavy atom. The first-order chi connectivity index (χ1) is 9.54. The molecule has 20 heavy (non-hydrogen) atoms. The number of nitrogen functional groups attached to an aromatic ring is 1. The van der Waals surface area contributed by atoms with Crippen molar-refractivity contribution in [1.29, 1.82) is 0 Å². The van der Waals surface area contributed by atoms with E-state index in [4.69, 9.17) is 5.73 Å². The van der Waals surface area contributed by atoms with Crippen LogP contribution in [-0.4, -0.2) is 11.7 Å². The molecule has 3 N–H and O–H groups in total. The fourth-order valence-electron chi connectivity index (χ4n) is 1.77. The lowest BCUT2D eigenvalue weighted by atomic mass is 10.2. The van der Waals surface area contributed by atoms with Crippen molar-refractivity contribution in [2.75, 3.05) is 16.8 Å². The summed E-state index contributed by atoms with van der Waals surface area (Å²) >= 11 is 1.51. The van der Waals surface area contributed by atoms with Gasteiger partial charge in [0, 0.05) is 4.90 Å². The van der Waals surface area contributed by atoms with Gasteiger partial charge in [0.1, 0.15) is 0 Å². The van der Waals surface area contributed by atoms with E-state index in [0.717, 1.165) is 10.5 Å². The van der Waals surface area contributed by atoms with Gasteiger partial charge in [0.15, 0.2) is 0 Å². The maximum Gasteiger partial charge on any atom is 0.234 e. The van der Waals surface area contributed by atoms with E-state index in [1.54, 1.807) is 0 Å². The van der Waals surface area contributed by atoms with E-state index in [9.17, 15) is 4.79 Å². The number of hydrogen-bond acceptors (Lipinski definition) is 3. The minimum Gasteiger partial charge on any atom is -0.397 e. The van der Waals surface area contributed by atoms with Crippen LogP contribution in [0.2, 0.25) is 0 Å². The molecule has 0 aliphatic heterocycles. The van der Waals surface area contributed by atoms with Crippen LogP contribution < -0.4 is 11.1 Å². The van der Waals surface area contributed by atoms with Crippen LogP contribution >= 0.6 is 11.8 Å². The van der Waals surface area contributed by atoms with Crippen molar-refractivity contribution in [3.63, 3.8) is 0 Å². The van der Waals surface area contributed by atoms with Gasteiger partial charge in [-0.3, -0.25) is 4.79 Å². The third-order valence-electron chi connectivity index (χ3n) is 2.87. The number of hydrogen-bond donors (Lipinski definition) is 2. The van der Waals surface area contributed by atoms with Crippen molar-refractivity contribution in [1.82, 2.24) is 0 Å². The van der Waals surface area contributed by atoms with Crippen molar-refractivity contribution >= 4 is 29.0 Å². The van der Waals surface area contributed by atoms with Crippen molar-refractivity contribution < 1.29 is 4.79 Å². The second kappa shape index (κ2) is 6.48. The fraction of sp³-hybridized carbons (Fsp3) is 0.188. The Kier molecular flexibility index (Phi) is 4.69. The monoisotopic (exact) mass is 286 g/mol. The average molecular weight is 286 g/mol. The molecule has 0 atom stereocenters. The molecule has 0 unspecified atom stereocenters. The van der Waals surface area contributed by atoms with Gasteiger partial charge in [-0.25, -0.2) is 0 Å². The number of carbonyl (C=O) groups excluding carboxylic acids is 1. The first-order valence-corrected chi connectivity index (χ1v) is 7.38. The molecule has 0 aliphatic carbocycles. The number of nitrogens with one attached hydrogen (secondary N) is 1. The van der Waals surface area contributed by atoms with Gasteiger partial charge in [-0.05, 0) is 43.7 Å². The standard InChI is InChI=1S/C16H18N2OS/c1-11-3-6-13(7-4-11)20-10-16(19)18-15-8-5-12(2)9-14(15)17/h3-9H,10,17H2,1-2H3,(H,18,19). The number of nitrogens with two attached hydrogens (primary N) is 1. The molecule has 0 radical (unpaired) electrons. The number of aryl methyl sites for hydroxylation is 2. The van der Waals surface area contributed by atoms with Crippen molar-refractivity contribution in [2.45, 2.75) is 18.7 Å². The van der Waals surface area contributed by atoms with Gasteiger partial charge >= 0.3 is 0 Å². The Hall–Kier alpha value is -1.94. The van der Waals surface area contributed by atoms with Crippen LogP contribution in [0.1, 0.15) is 11.1 Å². The predicted octanol–water partition coefficient (Wildman–Crippen LogP) is 3.62. The van der Waals surface area contributed by atoms with E-state index < -0.39 is 0 Å². The second-order valence-electron chi connectivity index (χ2n) is 4.74. The molecule has 1 amide bonds. The average Bonchev–Trinajstić information content (AvgIpc) is 2.41. The Morgan fingerprint density at radius 1 is 1.10 bits per heavy atom. The van der Waals surface area contributed by atoms with Crippen LogP contribution in [0.5, 0.6) is 0 Å². The van der Waals surface area contributed by atoms with Crippen molar-refractivity contribution in [3.8, 4) is 0 Å². The van der Waals surface area contributed by atoms with Crippen LogP contribution in [0.3, 0.4) is 0 Å². The Labute approximate surface area is 123 Å². The summed E-state index contributed by atoms with van der Waals surface area (Å²) in [6.07, 6.45) is 0. The van der Waals surface area contributed by atoms with Crippen LogP contribution in [0.15, 0.2) is 47.4 Å². The lowest BCUT2D eigenvalue weighted by Crippen LogP contribution is -2.15. The maximum atomic E-state index is 11.9. The number of thioether (sulfide) groups is 1. The highest BCUT2D eigenvalue weighted by Crippen LogP contribution is 2.21. The fourth-order valence-corrected chi connectivity index (χ4v) is 2.46. The summed E-state index contributed by atoms with van der Waals surface area (Å²) in [5, 5.41) is 2.83. The maximum absolute atomic E-state index is 11.9. The molecule has 0 saturated heterocycles. The van der Waals surface area contributed by atoms with E-state index >= 15 is 0 Å². The minimum absolute atomic E-state index is 0.0499. The summed E-state index contributed by atoms with van der Waals surface area (Å²) in [4.78, 5) is 13.0. The van der Waals surface area contributed by atoms with E-state index in [-0.39, 0.29) is 5.91 Å². The van der Waals surface area contributed by atoms with Crippen LogP contribution in [0.25, 0.3) is 0 Å². The first-order valence-electron chi connectivity index (χ1n) is 6.40. The minimum atomic E-state index is -0.0499. The van der Waals surface area contributed by atoms with E-state index in [2.05, 4.69) is 5.32 Å². The number of carbonyl (C=O) groups is 1. The van der Waals surface area contributed by atoms with Gasteiger partial charge in [-0.15, -0.1) is 11.8 Å². The molecule has 0 aliphatic rings. The second-order valence-corrected chi connectivity index (χ2v) is 5.79. The summed E-state index contributed by atoms with van der Waals surface area (Å²) in [5.74, 6) is 0.322. The Bertz CT molecular complexity index is 608. The number of amides is 1. The van der Waals surface area contributed by atoms with Gasteiger partial charge in [-0.1, -0.05) is 23.8 Å². The molecular formula is C16H18N2OS. The molecule has 0 spiro atoms. The van der Waals surface area contributed by atoms with Crippen LogP contribution in [0, 0.1) is 13.8 Å². The molecule has 104 valence electrons. The summed E-state index contributed by atoms with van der Waals surface area (Å²) in [5.41, 5.74) is 9.43. The molecule has 4 heteroatoms. The largest absolute Gasteiger partial charge is 0.397 e. The number of anilines is 2. The molecule has 2 rings (SSSR count). The highest BCUT2D eigenvalue weighted by molar-refractivity contribution is 8.00. The lowest BCUT2D eigenvalue weighted by Gasteiger charge is -2.08. The van der Waals surface area contributed by atoms with Gasteiger partial charge < -0.3 is 11.1 Å². The molecule has 0 saturated carbocycles. The molecule has 2 aromatic carbocycles. The summed E-state index contributed by atoms with van der Waals surface area (Å²) in [6.45, 7) is 4.01. The molecule has 0 aromatic heterocycles. The van der Waals surface area contributed by atoms with Gasteiger partial charge in [-0.2, -0.15) is 0 Å². The zero-order valence-corrected chi connectivity index (χ0v) is 12.5. The normalized spacial score (nSPS) is 10.3. The van der Waals surface area contributed by atoms with Crippen LogP contribution in [-0.2, 0) is 4.79 Å². The lowest BCUT2D eigenvalue weighted by molar-refractivity contribution is -0.113. The van der Waals surface area contributed by atoms with E-state index in [1.807, 2.05) is 56.3 Å². The summed E-state index contributed by atoms with van der Waals surface area (Å²) < 4.78 is 0. The van der Waals surface area contributed by atoms with Crippen molar-refractivity contribution in [3.05, 3.63) is 53.6 Å². The molecule has 0 bridgehead atoms. The van der Waals surface area contributed by atoms with Gasteiger partial charge in [0.2, 0.25) is 5.91 Å². The van der Waals surface area contributed by atoms with E-state index in [0.29, 0.717) is 17.1 Å². The van der Waals surface area contributed by atoms with E-state index in [1.165, 1.54) is 17.3 Å². The quantitative estimate of drug-likeness (QED) is 0.667. The smallest absolute Gasteiger partial charge is 0.234 e. The summed E-state index contributed by atoms with van der Waals surface area (Å²) in [6, 6.07) is 13.7. The Morgan fingerprint density at radius 2 is 1.75 bits per heavy atom. The number of benzene rings is 2. The molecular weight excluding hydrogens is 268 g/mol. The SMILES string of the molecule is Cc1ccc(SCC(=O)Nc2ccc(C)cc2N)cc1.